The average Bonchev–Trinajstić information content (AvgIpc) is 3.76. The zero-order valence-electron chi connectivity index (χ0n) is 37.1. The quantitative estimate of drug-likeness (QED) is 0.107. The van der Waals surface area contributed by atoms with Gasteiger partial charge in [0.2, 0.25) is 0 Å². The molecule has 0 saturated carbocycles. The molecule has 1 amide bonds. The molecule has 0 saturated heterocycles. The van der Waals surface area contributed by atoms with Crippen LogP contribution in [0.2, 0.25) is 10.0 Å². The molecule has 7 aromatic rings. The van der Waals surface area contributed by atoms with E-state index in [1.165, 1.54) is 0 Å². The highest BCUT2D eigenvalue weighted by atomic mass is 35.5. The average molecular weight is 887 g/mol. The number of fused-ring (bicyclic) bond motifs is 4. The first kappa shape index (κ1) is 43.9. The number of anilines is 1. The van der Waals surface area contributed by atoms with Gasteiger partial charge in [0.25, 0.3) is 5.91 Å². The number of pyridine rings is 1. The number of aromatic nitrogens is 5. The van der Waals surface area contributed by atoms with Gasteiger partial charge in [-0.1, -0.05) is 29.3 Å². The van der Waals surface area contributed by atoms with E-state index < -0.39 is 5.97 Å². The summed E-state index contributed by atoms with van der Waals surface area (Å²) in [7, 11) is 4.10. The van der Waals surface area contributed by atoms with Gasteiger partial charge in [-0.2, -0.15) is 0 Å². The molecule has 0 aliphatic carbocycles. The standard InChI is InChI=1S/C50H53Cl2N7O4/c1-28-15-16-53-36(19-28)26-57-42(50(61)62)24-35-22-34(11-9-17-56(7)8)23-41(46(35)57)58-25-31(4)59-47-39(13-14-40(51)44(47)43-32(5)54-27-55-33(43)6)38(48(59)49(58)60)12-10-18-63-37-20-29(2)45(52)30(3)21-37/h13-16,19-24,27,31H,9-12,17-18,25-26H2,1-8H3,(H,61,62)/t31-/m1/s1. The summed E-state index contributed by atoms with van der Waals surface area (Å²) in [6.07, 6.45) is 6.11. The van der Waals surface area contributed by atoms with Crippen molar-refractivity contribution in [2.75, 3.05) is 38.7 Å². The Balaban J connectivity index is 1.31. The molecule has 1 aliphatic rings. The molecule has 0 fully saturated rings. The summed E-state index contributed by atoms with van der Waals surface area (Å²) >= 11 is 13.7. The van der Waals surface area contributed by atoms with E-state index in [0.717, 1.165) is 102 Å². The van der Waals surface area contributed by atoms with Crippen LogP contribution in [0.15, 0.2) is 67.1 Å². The lowest BCUT2D eigenvalue weighted by Crippen LogP contribution is -2.43. The Bertz CT molecular complexity index is 2890. The molecule has 4 aromatic heterocycles. The molecular formula is C50H53Cl2N7O4. The van der Waals surface area contributed by atoms with Crippen LogP contribution in [0.3, 0.4) is 0 Å². The molecule has 1 aliphatic heterocycles. The van der Waals surface area contributed by atoms with Gasteiger partial charge in [-0.3, -0.25) is 9.78 Å². The second kappa shape index (κ2) is 17.8. The van der Waals surface area contributed by atoms with Gasteiger partial charge in [0, 0.05) is 57.1 Å². The summed E-state index contributed by atoms with van der Waals surface area (Å²) in [4.78, 5) is 46.5. The largest absolute Gasteiger partial charge is 0.494 e. The number of carbonyl (C=O) groups excluding carboxylic acids is 1. The third-order valence-electron chi connectivity index (χ3n) is 12.2. The van der Waals surface area contributed by atoms with Gasteiger partial charge in [0.15, 0.2) is 0 Å². The van der Waals surface area contributed by atoms with E-state index in [1.54, 1.807) is 23.2 Å². The minimum absolute atomic E-state index is 0.133. The number of hydrogen-bond acceptors (Lipinski definition) is 7. The Labute approximate surface area is 378 Å². The van der Waals surface area contributed by atoms with Gasteiger partial charge in [-0.05, 0) is 164 Å². The van der Waals surface area contributed by atoms with Crippen LogP contribution in [0.5, 0.6) is 5.75 Å². The zero-order chi connectivity index (χ0) is 44.9. The molecule has 63 heavy (non-hydrogen) atoms. The zero-order valence-corrected chi connectivity index (χ0v) is 38.7. The lowest BCUT2D eigenvalue weighted by molar-refractivity contribution is 0.0686. The molecule has 326 valence electrons. The van der Waals surface area contributed by atoms with Gasteiger partial charge in [0.1, 0.15) is 23.5 Å². The molecule has 8 rings (SSSR count). The summed E-state index contributed by atoms with van der Waals surface area (Å²) in [5.41, 5.74) is 11.7. The second-order valence-electron chi connectivity index (χ2n) is 17.2. The Hall–Kier alpha value is -5.75. The van der Waals surface area contributed by atoms with Crippen molar-refractivity contribution in [3.8, 4) is 16.9 Å². The van der Waals surface area contributed by atoms with Crippen molar-refractivity contribution in [3.05, 3.63) is 133 Å². The summed E-state index contributed by atoms with van der Waals surface area (Å²) in [5.74, 6) is -0.475. The fraction of sp³-hybridized carbons (Fsp3) is 0.340. The fourth-order valence-electron chi connectivity index (χ4n) is 9.35. The van der Waals surface area contributed by atoms with Crippen molar-refractivity contribution >= 4 is 62.6 Å². The highest BCUT2D eigenvalue weighted by molar-refractivity contribution is 6.35. The molecule has 0 unspecified atom stereocenters. The third kappa shape index (κ3) is 8.42. The minimum Gasteiger partial charge on any atom is -0.494 e. The van der Waals surface area contributed by atoms with Crippen molar-refractivity contribution in [3.63, 3.8) is 0 Å². The second-order valence-corrected chi connectivity index (χ2v) is 18.0. The van der Waals surface area contributed by atoms with Crippen molar-refractivity contribution in [2.24, 2.45) is 0 Å². The number of halogens is 2. The highest BCUT2D eigenvalue weighted by Crippen LogP contribution is 2.46. The van der Waals surface area contributed by atoms with E-state index in [2.05, 4.69) is 57.6 Å². The van der Waals surface area contributed by atoms with Crippen LogP contribution in [-0.2, 0) is 19.4 Å². The van der Waals surface area contributed by atoms with Gasteiger partial charge in [-0.25, -0.2) is 14.8 Å². The lowest BCUT2D eigenvalue weighted by atomic mass is 9.97. The predicted molar refractivity (Wildman–Crippen MR) is 252 cm³/mol. The number of carboxylic acid groups (broad SMARTS) is 1. The number of rotatable bonds is 14. The molecule has 1 atom stereocenters. The molecule has 0 bridgehead atoms. The SMILES string of the molecule is Cc1ccnc(Cn2c(C(=O)O)cc3cc(CCCN(C)C)cc(N4C[C@@H](C)n5c(c(CCCOc6cc(C)c(Cl)c(C)c6)c6ccc(Cl)c(-c7c(C)ncnc7C)c65)C4=O)c32)c1. The van der Waals surface area contributed by atoms with Crippen LogP contribution in [0.1, 0.15) is 91.7 Å². The summed E-state index contributed by atoms with van der Waals surface area (Å²) in [6, 6.07) is 17.4. The maximum Gasteiger partial charge on any atom is 0.352 e. The van der Waals surface area contributed by atoms with E-state index in [-0.39, 0.29) is 24.2 Å². The number of ether oxygens (including phenoxy) is 1. The van der Waals surface area contributed by atoms with Crippen LogP contribution in [0.4, 0.5) is 5.69 Å². The maximum absolute atomic E-state index is 15.8. The van der Waals surface area contributed by atoms with Crippen LogP contribution < -0.4 is 9.64 Å². The number of aryl methyl sites for hydroxylation is 7. The van der Waals surface area contributed by atoms with Crippen LogP contribution in [0.25, 0.3) is 32.9 Å². The van der Waals surface area contributed by atoms with Gasteiger partial charge >= 0.3 is 5.97 Å². The molecule has 0 radical (unpaired) electrons. The number of benzene rings is 3. The first-order chi connectivity index (χ1) is 30.1. The molecule has 11 nitrogen and oxygen atoms in total. The molecule has 5 heterocycles. The Morgan fingerprint density at radius 3 is 2.30 bits per heavy atom. The lowest BCUT2D eigenvalue weighted by Gasteiger charge is -2.35. The Morgan fingerprint density at radius 1 is 0.889 bits per heavy atom. The normalized spacial score (nSPS) is 14.0. The van der Waals surface area contributed by atoms with E-state index in [0.29, 0.717) is 47.9 Å². The number of carbonyl (C=O) groups is 2. The van der Waals surface area contributed by atoms with Gasteiger partial charge < -0.3 is 28.8 Å². The number of carboxylic acids is 1. The molecular weight excluding hydrogens is 834 g/mol. The number of hydrogen-bond donors (Lipinski definition) is 1. The predicted octanol–water partition coefficient (Wildman–Crippen LogP) is 10.8. The summed E-state index contributed by atoms with van der Waals surface area (Å²) < 4.78 is 10.3. The van der Waals surface area contributed by atoms with Crippen molar-refractivity contribution in [1.82, 2.24) is 29.0 Å². The topological polar surface area (TPSA) is 119 Å². The molecule has 13 heteroatoms. The molecule has 3 aromatic carbocycles. The van der Waals surface area contributed by atoms with Gasteiger partial charge in [-0.15, -0.1) is 0 Å². The number of nitrogens with zero attached hydrogens (tertiary/aromatic N) is 7. The van der Waals surface area contributed by atoms with E-state index in [4.69, 9.17) is 27.9 Å². The smallest absolute Gasteiger partial charge is 0.352 e. The van der Waals surface area contributed by atoms with Crippen LogP contribution in [-0.4, -0.2) is 79.8 Å². The number of amides is 1. The Morgan fingerprint density at radius 2 is 1.62 bits per heavy atom. The molecule has 1 N–H and O–H groups in total. The molecule has 0 spiro atoms. The van der Waals surface area contributed by atoms with E-state index >= 15 is 4.79 Å². The number of aromatic carboxylic acids is 1. The third-order valence-corrected chi connectivity index (χ3v) is 13.1. The van der Waals surface area contributed by atoms with Crippen LogP contribution in [0, 0.1) is 34.6 Å². The van der Waals surface area contributed by atoms with E-state index in [1.807, 2.05) is 75.9 Å². The van der Waals surface area contributed by atoms with E-state index in [9.17, 15) is 9.90 Å². The minimum atomic E-state index is -1.05. The Kier molecular flexibility index (Phi) is 12.4. The van der Waals surface area contributed by atoms with Crippen molar-refractivity contribution < 1.29 is 19.4 Å². The first-order valence-corrected chi connectivity index (χ1v) is 22.2. The van der Waals surface area contributed by atoms with Crippen molar-refractivity contribution in [2.45, 2.75) is 79.8 Å². The highest BCUT2D eigenvalue weighted by Gasteiger charge is 2.38. The summed E-state index contributed by atoms with van der Waals surface area (Å²) in [5, 5.41) is 13.6. The maximum atomic E-state index is 15.8. The fourth-order valence-corrected chi connectivity index (χ4v) is 9.70. The van der Waals surface area contributed by atoms with Crippen LogP contribution >= 0.6 is 23.2 Å². The first-order valence-electron chi connectivity index (χ1n) is 21.4. The monoisotopic (exact) mass is 885 g/mol. The van der Waals surface area contributed by atoms with Crippen molar-refractivity contribution in [1.29, 1.82) is 0 Å². The van der Waals surface area contributed by atoms with Gasteiger partial charge in [0.05, 0.1) is 40.6 Å². The summed E-state index contributed by atoms with van der Waals surface area (Å²) in [6.45, 7) is 13.8.